The molecule has 4 aliphatic rings. The molecule has 4 saturated carbocycles. The molecule has 0 aromatic heterocycles. The number of carbonyl (C=O) groups excluding carboxylic acids is 1. The lowest BCUT2D eigenvalue weighted by atomic mass is 9.40. The summed E-state index contributed by atoms with van der Waals surface area (Å²) < 4.78 is 0. The zero-order valence-electron chi connectivity index (χ0n) is 16.5. The number of Topliss-reactive ketones (excluding diaryl/α,β-unsaturated/α-hetero) is 1. The molecule has 4 fully saturated rings. The van der Waals surface area contributed by atoms with Gasteiger partial charge in [0.25, 0.3) is 0 Å². The minimum Gasteiger partial charge on any atom is -0.299 e. The highest BCUT2D eigenvalue weighted by molar-refractivity contribution is 5.87. The molecular weight excluding hydrogens is 292 g/mol. The molecule has 0 heterocycles. The van der Waals surface area contributed by atoms with Crippen LogP contribution in [0.1, 0.15) is 98.3 Å². The Labute approximate surface area is 149 Å². The lowest BCUT2D eigenvalue weighted by Gasteiger charge is -2.64. The molecule has 1 nitrogen and oxygen atoms in total. The highest BCUT2D eigenvalue weighted by Crippen LogP contribution is 2.70. The number of ketones is 1. The van der Waals surface area contributed by atoms with Crippen LogP contribution in [0.2, 0.25) is 0 Å². The van der Waals surface area contributed by atoms with Gasteiger partial charge in [-0.25, -0.2) is 0 Å². The Morgan fingerprint density at radius 1 is 0.958 bits per heavy atom. The van der Waals surface area contributed by atoms with Gasteiger partial charge in [-0.05, 0) is 79.4 Å². The van der Waals surface area contributed by atoms with Crippen LogP contribution in [0.15, 0.2) is 0 Å². The highest BCUT2D eigenvalue weighted by atomic mass is 16.1. The molecule has 7 atom stereocenters. The smallest absolute Gasteiger partial charge is 0.139 e. The van der Waals surface area contributed by atoms with Crippen molar-refractivity contribution in [3.63, 3.8) is 0 Å². The van der Waals surface area contributed by atoms with Crippen LogP contribution in [0.5, 0.6) is 0 Å². The van der Waals surface area contributed by atoms with E-state index in [1.54, 1.807) is 0 Å². The van der Waals surface area contributed by atoms with Crippen LogP contribution in [0, 0.1) is 39.9 Å². The Bertz CT molecular complexity index is 524. The molecule has 0 radical (unpaired) electrons. The minimum atomic E-state index is 0.0238. The van der Waals surface area contributed by atoms with Crippen LogP contribution in [-0.4, -0.2) is 5.78 Å². The van der Waals surface area contributed by atoms with Gasteiger partial charge in [-0.2, -0.15) is 0 Å². The third-order valence-electron chi connectivity index (χ3n) is 10.0. The monoisotopic (exact) mass is 330 g/mol. The molecule has 0 bridgehead atoms. The van der Waals surface area contributed by atoms with Crippen LogP contribution in [0.3, 0.4) is 0 Å². The quantitative estimate of drug-likeness (QED) is 0.572. The van der Waals surface area contributed by atoms with Gasteiger partial charge in [-0.3, -0.25) is 4.79 Å². The molecule has 0 N–H and O–H groups in total. The molecule has 0 saturated heterocycles. The molecule has 136 valence electrons. The van der Waals surface area contributed by atoms with Crippen LogP contribution in [-0.2, 0) is 4.79 Å². The fourth-order valence-electron chi connectivity index (χ4n) is 8.24. The molecule has 4 rings (SSSR count). The number of fused-ring (bicyclic) bond motifs is 5. The fourth-order valence-corrected chi connectivity index (χ4v) is 8.24. The number of hydrogen-bond donors (Lipinski definition) is 0. The van der Waals surface area contributed by atoms with E-state index in [4.69, 9.17) is 0 Å². The molecule has 0 aliphatic heterocycles. The van der Waals surface area contributed by atoms with Gasteiger partial charge >= 0.3 is 0 Å². The molecule has 1 heteroatoms. The van der Waals surface area contributed by atoms with Gasteiger partial charge in [0.05, 0.1) is 0 Å². The van der Waals surface area contributed by atoms with E-state index in [0.717, 1.165) is 12.3 Å². The molecule has 0 aromatic rings. The Morgan fingerprint density at radius 2 is 1.71 bits per heavy atom. The van der Waals surface area contributed by atoms with Crippen molar-refractivity contribution in [2.75, 3.05) is 0 Å². The normalized spacial score (nSPS) is 54.1. The van der Waals surface area contributed by atoms with Crippen LogP contribution >= 0.6 is 0 Å². The standard InChI is InChI=1S/C23H38O/c1-5-8-16-9-10-18-17-11-14-21(2)12-6-7-13-22(21,3)19(17)15-20(24)23(16,18)4/h16-19H,5-15H2,1-4H3. The summed E-state index contributed by atoms with van der Waals surface area (Å²) in [6, 6.07) is 0. The van der Waals surface area contributed by atoms with E-state index >= 15 is 0 Å². The predicted molar refractivity (Wildman–Crippen MR) is 99.7 cm³/mol. The summed E-state index contributed by atoms with van der Waals surface area (Å²) in [5, 5.41) is 0. The van der Waals surface area contributed by atoms with Gasteiger partial charge in [0.1, 0.15) is 5.78 Å². The molecule has 7 unspecified atom stereocenters. The molecule has 24 heavy (non-hydrogen) atoms. The molecule has 0 spiro atoms. The van der Waals surface area contributed by atoms with Crippen molar-refractivity contribution in [3.8, 4) is 0 Å². The largest absolute Gasteiger partial charge is 0.299 e. The van der Waals surface area contributed by atoms with Gasteiger partial charge in [0.2, 0.25) is 0 Å². The highest BCUT2D eigenvalue weighted by Gasteiger charge is 2.64. The van der Waals surface area contributed by atoms with E-state index in [1.807, 2.05) is 0 Å². The second-order valence-electron chi connectivity index (χ2n) is 10.6. The van der Waals surface area contributed by atoms with Gasteiger partial charge < -0.3 is 0 Å². The van der Waals surface area contributed by atoms with Gasteiger partial charge in [-0.15, -0.1) is 0 Å². The number of carbonyl (C=O) groups is 1. The second kappa shape index (κ2) is 5.58. The zero-order chi connectivity index (χ0) is 17.2. The summed E-state index contributed by atoms with van der Waals surface area (Å²) in [6.45, 7) is 9.81. The Morgan fingerprint density at radius 3 is 2.46 bits per heavy atom. The summed E-state index contributed by atoms with van der Waals surface area (Å²) in [4.78, 5) is 13.5. The maximum absolute atomic E-state index is 13.5. The third-order valence-corrected chi connectivity index (χ3v) is 10.0. The number of rotatable bonds is 2. The van der Waals surface area contributed by atoms with Gasteiger partial charge in [0.15, 0.2) is 0 Å². The van der Waals surface area contributed by atoms with E-state index < -0.39 is 0 Å². The summed E-state index contributed by atoms with van der Waals surface area (Å²) in [5.41, 5.74) is 0.950. The molecular formula is C23H38O. The van der Waals surface area contributed by atoms with E-state index in [9.17, 15) is 4.79 Å². The maximum Gasteiger partial charge on any atom is 0.139 e. The first-order valence-electron chi connectivity index (χ1n) is 10.9. The summed E-state index contributed by atoms with van der Waals surface area (Å²) in [5.74, 6) is 3.55. The first kappa shape index (κ1) is 17.1. The average Bonchev–Trinajstić information content (AvgIpc) is 2.88. The van der Waals surface area contributed by atoms with E-state index in [1.165, 1.54) is 64.2 Å². The fraction of sp³-hybridized carbons (Fsp3) is 0.957. The molecule has 4 aliphatic carbocycles. The van der Waals surface area contributed by atoms with Gasteiger partial charge in [0, 0.05) is 11.8 Å². The van der Waals surface area contributed by atoms with E-state index in [2.05, 4.69) is 27.7 Å². The Balaban J connectivity index is 1.69. The van der Waals surface area contributed by atoms with Gasteiger partial charge in [-0.1, -0.05) is 47.0 Å². The Kier molecular flexibility index (Phi) is 3.98. The van der Waals surface area contributed by atoms with Crippen LogP contribution < -0.4 is 0 Å². The van der Waals surface area contributed by atoms with Crippen LogP contribution in [0.25, 0.3) is 0 Å². The maximum atomic E-state index is 13.5. The molecule has 0 amide bonds. The van der Waals surface area contributed by atoms with Crippen molar-refractivity contribution < 1.29 is 4.79 Å². The van der Waals surface area contributed by atoms with Crippen molar-refractivity contribution >= 4 is 5.78 Å². The first-order valence-corrected chi connectivity index (χ1v) is 10.9. The summed E-state index contributed by atoms with van der Waals surface area (Å²) in [7, 11) is 0. The summed E-state index contributed by atoms with van der Waals surface area (Å²) in [6.07, 6.45) is 14.5. The Hall–Kier alpha value is -0.330. The minimum absolute atomic E-state index is 0.0238. The van der Waals surface area contributed by atoms with Crippen LogP contribution in [0.4, 0.5) is 0 Å². The van der Waals surface area contributed by atoms with Crippen molar-refractivity contribution in [1.82, 2.24) is 0 Å². The summed E-state index contributed by atoms with van der Waals surface area (Å²) >= 11 is 0. The molecule has 0 aromatic carbocycles. The predicted octanol–water partition coefficient (Wildman–Crippen LogP) is 6.40. The first-order chi connectivity index (χ1) is 11.4. The topological polar surface area (TPSA) is 17.1 Å². The zero-order valence-corrected chi connectivity index (χ0v) is 16.5. The average molecular weight is 331 g/mol. The number of hydrogen-bond acceptors (Lipinski definition) is 1. The lowest BCUT2D eigenvalue weighted by molar-refractivity contribution is -0.169. The van der Waals surface area contributed by atoms with Crippen molar-refractivity contribution in [1.29, 1.82) is 0 Å². The van der Waals surface area contributed by atoms with Crippen molar-refractivity contribution in [2.24, 2.45) is 39.9 Å². The van der Waals surface area contributed by atoms with E-state index in [0.29, 0.717) is 34.4 Å². The SMILES string of the molecule is CCCC1CCC2C3CCC4(C)CCCCC4(C)C3CC(=O)C12C. The van der Waals surface area contributed by atoms with E-state index in [-0.39, 0.29) is 5.41 Å². The van der Waals surface area contributed by atoms with Crippen molar-refractivity contribution in [3.05, 3.63) is 0 Å². The second-order valence-corrected chi connectivity index (χ2v) is 10.6. The van der Waals surface area contributed by atoms with Crippen molar-refractivity contribution in [2.45, 2.75) is 98.3 Å². The third kappa shape index (κ3) is 2.02. The lowest BCUT2D eigenvalue weighted by Crippen LogP contribution is -2.59.